The van der Waals surface area contributed by atoms with Gasteiger partial charge in [0.15, 0.2) is 0 Å². The summed E-state index contributed by atoms with van der Waals surface area (Å²) in [4.78, 5) is 27.1. The van der Waals surface area contributed by atoms with E-state index in [2.05, 4.69) is 15.6 Å². The quantitative estimate of drug-likeness (QED) is 0.775. The molecule has 1 saturated carbocycles. The van der Waals surface area contributed by atoms with Crippen molar-refractivity contribution in [3.63, 3.8) is 0 Å². The molecule has 0 aliphatic heterocycles. The van der Waals surface area contributed by atoms with E-state index in [0.717, 1.165) is 36.4 Å². The van der Waals surface area contributed by atoms with Gasteiger partial charge in [0.1, 0.15) is 5.01 Å². The van der Waals surface area contributed by atoms with Crippen LogP contribution >= 0.6 is 11.3 Å². The Hall–Kier alpha value is -1.63. The van der Waals surface area contributed by atoms with Crippen molar-refractivity contribution in [3.05, 3.63) is 16.1 Å². The number of aryl methyl sites for hydroxylation is 1. The fourth-order valence-electron chi connectivity index (χ4n) is 2.61. The molecule has 110 valence electrons. The van der Waals surface area contributed by atoms with Crippen LogP contribution in [0, 0.1) is 6.92 Å². The second-order valence-corrected chi connectivity index (χ2v) is 6.19. The zero-order valence-corrected chi connectivity index (χ0v) is 12.3. The van der Waals surface area contributed by atoms with Gasteiger partial charge in [-0.15, -0.1) is 11.3 Å². The van der Waals surface area contributed by atoms with Crippen LogP contribution in [0.3, 0.4) is 0 Å². The maximum Gasteiger partial charge on any atom is 0.315 e. The van der Waals surface area contributed by atoms with E-state index >= 15 is 0 Å². The van der Waals surface area contributed by atoms with Crippen molar-refractivity contribution in [1.82, 2.24) is 15.6 Å². The molecule has 0 aromatic carbocycles. The molecule has 1 aliphatic rings. The van der Waals surface area contributed by atoms with Crippen molar-refractivity contribution >= 4 is 23.3 Å². The Morgan fingerprint density at radius 3 is 2.70 bits per heavy atom. The van der Waals surface area contributed by atoms with Gasteiger partial charge in [0, 0.05) is 11.1 Å². The first kappa shape index (κ1) is 14.8. The van der Waals surface area contributed by atoms with Crippen molar-refractivity contribution in [1.29, 1.82) is 0 Å². The lowest BCUT2D eigenvalue weighted by atomic mass is 9.93. The Morgan fingerprint density at radius 2 is 2.15 bits per heavy atom. The molecule has 0 saturated heterocycles. The number of carbonyl (C=O) groups excluding carboxylic acids is 1. The number of rotatable bonds is 5. The van der Waals surface area contributed by atoms with E-state index in [1.165, 1.54) is 11.3 Å². The highest BCUT2D eigenvalue weighted by Crippen LogP contribution is 2.32. The van der Waals surface area contributed by atoms with Crippen LogP contribution in [0.2, 0.25) is 0 Å². The number of aliphatic carboxylic acids is 1. The normalized spacial score (nSPS) is 16.9. The number of carbonyl (C=O) groups is 2. The first-order valence-electron chi connectivity index (χ1n) is 6.68. The Bertz CT molecular complexity index is 495. The number of amides is 2. The zero-order chi connectivity index (χ0) is 14.6. The van der Waals surface area contributed by atoms with Gasteiger partial charge >= 0.3 is 12.0 Å². The summed E-state index contributed by atoms with van der Waals surface area (Å²) in [5, 5.41) is 17.3. The minimum atomic E-state index is -0.872. The minimum Gasteiger partial charge on any atom is -0.481 e. The fourth-order valence-corrected chi connectivity index (χ4v) is 3.32. The van der Waals surface area contributed by atoms with E-state index in [-0.39, 0.29) is 12.5 Å². The number of nitrogens with one attached hydrogen (secondary N) is 2. The van der Waals surface area contributed by atoms with Crippen LogP contribution in [0.4, 0.5) is 4.79 Å². The second kappa shape index (κ2) is 6.21. The lowest BCUT2D eigenvalue weighted by molar-refractivity contribution is -0.138. The van der Waals surface area contributed by atoms with E-state index in [4.69, 9.17) is 5.11 Å². The Morgan fingerprint density at radius 1 is 1.45 bits per heavy atom. The van der Waals surface area contributed by atoms with E-state index < -0.39 is 11.5 Å². The van der Waals surface area contributed by atoms with Gasteiger partial charge in [0.05, 0.1) is 18.5 Å². The van der Waals surface area contributed by atoms with E-state index in [1.807, 2.05) is 12.3 Å². The maximum atomic E-state index is 11.9. The first-order chi connectivity index (χ1) is 9.49. The predicted octanol–water partition coefficient (Wildman–Crippen LogP) is 2.04. The van der Waals surface area contributed by atoms with Crippen molar-refractivity contribution in [3.8, 4) is 0 Å². The molecule has 1 fully saturated rings. The molecule has 0 bridgehead atoms. The van der Waals surface area contributed by atoms with Crippen LogP contribution in [0.25, 0.3) is 0 Å². The third-order valence-electron chi connectivity index (χ3n) is 3.50. The zero-order valence-electron chi connectivity index (χ0n) is 11.4. The summed E-state index contributed by atoms with van der Waals surface area (Å²) >= 11 is 1.50. The molecule has 0 radical (unpaired) electrons. The first-order valence-corrected chi connectivity index (χ1v) is 7.56. The molecule has 0 atom stereocenters. The lowest BCUT2D eigenvalue weighted by Gasteiger charge is -2.28. The van der Waals surface area contributed by atoms with Gasteiger partial charge in [0.2, 0.25) is 0 Å². The van der Waals surface area contributed by atoms with Crippen LogP contribution in [-0.2, 0) is 11.3 Å². The number of carboxylic acids is 1. The van der Waals surface area contributed by atoms with Crippen molar-refractivity contribution in [2.24, 2.45) is 0 Å². The highest BCUT2D eigenvalue weighted by molar-refractivity contribution is 7.09. The molecule has 7 heteroatoms. The third-order valence-corrected chi connectivity index (χ3v) is 4.46. The maximum absolute atomic E-state index is 11.9. The predicted molar refractivity (Wildman–Crippen MR) is 75.7 cm³/mol. The molecule has 0 unspecified atom stereocenters. The number of hydrogen-bond donors (Lipinski definition) is 3. The smallest absolute Gasteiger partial charge is 0.315 e. The molecule has 6 nitrogen and oxygen atoms in total. The molecular weight excluding hydrogens is 278 g/mol. The van der Waals surface area contributed by atoms with Gasteiger partial charge in [-0.25, -0.2) is 9.78 Å². The van der Waals surface area contributed by atoms with Gasteiger partial charge in [-0.1, -0.05) is 12.8 Å². The summed E-state index contributed by atoms with van der Waals surface area (Å²) in [5.41, 5.74) is 0.347. The SMILES string of the molecule is Cc1csc(CNC(=O)NC2(CC(=O)O)CCCC2)n1. The summed E-state index contributed by atoms with van der Waals surface area (Å²) < 4.78 is 0. The van der Waals surface area contributed by atoms with Gasteiger partial charge in [-0.05, 0) is 19.8 Å². The summed E-state index contributed by atoms with van der Waals surface area (Å²) in [6, 6.07) is -0.319. The summed E-state index contributed by atoms with van der Waals surface area (Å²) in [7, 11) is 0. The summed E-state index contributed by atoms with van der Waals surface area (Å²) in [5.74, 6) is -0.872. The highest BCUT2D eigenvalue weighted by Gasteiger charge is 2.37. The van der Waals surface area contributed by atoms with Crippen LogP contribution in [0.5, 0.6) is 0 Å². The molecule has 20 heavy (non-hydrogen) atoms. The number of hydrogen-bond acceptors (Lipinski definition) is 4. The molecule has 0 spiro atoms. The molecule has 1 aliphatic carbocycles. The van der Waals surface area contributed by atoms with Crippen LogP contribution in [0.1, 0.15) is 42.8 Å². The molecule has 1 heterocycles. The van der Waals surface area contributed by atoms with Gasteiger partial charge in [0.25, 0.3) is 0 Å². The summed E-state index contributed by atoms with van der Waals surface area (Å²) in [6.07, 6.45) is 3.35. The van der Waals surface area contributed by atoms with Crippen molar-refractivity contribution < 1.29 is 14.7 Å². The third kappa shape index (κ3) is 3.93. The number of carboxylic acid groups (broad SMARTS) is 1. The highest BCUT2D eigenvalue weighted by atomic mass is 32.1. The Kier molecular flexibility index (Phi) is 4.59. The number of aromatic nitrogens is 1. The van der Waals surface area contributed by atoms with Crippen molar-refractivity contribution in [2.45, 2.75) is 51.1 Å². The minimum absolute atomic E-state index is 0.0171. The largest absolute Gasteiger partial charge is 0.481 e. The van der Waals surface area contributed by atoms with Crippen LogP contribution in [-0.4, -0.2) is 27.6 Å². The van der Waals surface area contributed by atoms with Crippen LogP contribution < -0.4 is 10.6 Å². The lowest BCUT2D eigenvalue weighted by Crippen LogP contribution is -2.51. The van der Waals surface area contributed by atoms with E-state index in [0.29, 0.717) is 6.54 Å². The van der Waals surface area contributed by atoms with Gasteiger partial charge < -0.3 is 15.7 Å². The average molecular weight is 297 g/mol. The number of nitrogens with zero attached hydrogens (tertiary/aromatic N) is 1. The second-order valence-electron chi connectivity index (χ2n) is 5.25. The molecule has 2 amide bonds. The monoisotopic (exact) mass is 297 g/mol. The van der Waals surface area contributed by atoms with Gasteiger partial charge in [-0.3, -0.25) is 4.79 Å². The average Bonchev–Trinajstić information content (AvgIpc) is 2.95. The standard InChI is InChI=1S/C13H19N3O3S/c1-9-8-20-10(15-9)7-14-12(19)16-13(6-11(17)18)4-2-3-5-13/h8H,2-7H2,1H3,(H,17,18)(H2,14,16,19). The van der Waals surface area contributed by atoms with E-state index in [1.54, 1.807) is 0 Å². The van der Waals surface area contributed by atoms with Crippen molar-refractivity contribution in [2.75, 3.05) is 0 Å². The Labute approximate surface area is 121 Å². The molecule has 1 aromatic heterocycles. The van der Waals surface area contributed by atoms with Crippen LogP contribution in [0.15, 0.2) is 5.38 Å². The molecule has 3 N–H and O–H groups in total. The molecule has 2 rings (SSSR count). The summed E-state index contributed by atoms with van der Waals surface area (Å²) in [6.45, 7) is 2.27. The molecule has 1 aromatic rings. The van der Waals surface area contributed by atoms with Gasteiger partial charge in [-0.2, -0.15) is 0 Å². The fraction of sp³-hybridized carbons (Fsp3) is 0.615. The number of thiazole rings is 1. The van der Waals surface area contributed by atoms with E-state index in [9.17, 15) is 9.59 Å². The number of urea groups is 1. The molecular formula is C13H19N3O3S. The topological polar surface area (TPSA) is 91.3 Å². The Balaban J connectivity index is 1.87.